The van der Waals surface area contributed by atoms with Gasteiger partial charge in [-0.25, -0.2) is 4.79 Å². The summed E-state index contributed by atoms with van der Waals surface area (Å²) in [5.74, 6) is 0.570. The Bertz CT molecular complexity index is 511. The molecule has 1 heterocycles. The molecule has 0 aromatic heterocycles. The van der Waals surface area contributed by atoms with Gasteiger partial charge in [-0.2, -0.15) is 0 Å². The van der Waals surface area contributed by atoms with Crippen molar-refractivity contribution >= 4 is 6.09 Å². The van der Waals surface area contributed by atoms with E-state index in [9.17, 15) is 9.90 Å². The van der Waals surface area contributed by atoms with Crippen molar-refractivity contribution in [2.24, 2.45) is 11.3 Å². The van der Waals surface area contributed by atoms with E-state index in [-0.39, 0.29) is 17.6 Å². The van der Waals surface area contributed by atoms with E-state index in [0.29, 0.717) is 5.92 Å². The highest BCUT2D eigenvalue weighted by atomic mass is 16.6. The predicted molar refractivity (Wildman–Crippen MR) is 107 cm³/mol. The maximum atomic E-state index is 13.1. The van der Waals surface area contributed by atoms with E-state index < -0.39 is 23.5 Å². The topological polar surface area (TPSA) is 59.0 Å². The average molecular weight is 384 g/mol. The van der Waals surface area contributed by atoms with Gasteiger partial charge in [-0.05, 0) is 52.4 Å². The van der Waals surface area contributed by atoms with Gasteiger partial charge in [0.15, 0.2) is 0 Å². The summed E-state index contributed by atoms with van der Waals surface area (Å²) in [6, 6.07) is -0.174. The SMILES string of the molecule is CC(C)(C)OC(=O)N1[C@@H](CC2CCCCC2)[C@H](C(O)C(C)(C)C)OC1(C)C. The Morgan fingerprint density at radius 2 is 1.70 bits per heavy atom. The summed E-state index contributed by atoms with van der Waals surface area (Å²) in [4.78, 5) is 14.8. The molecule has 5 heteroatoms. The molecule has 158 valence electrons. The lowest BCUT2D eigenvalue weighted by atomic mass is 9.79. The van der Waals surface area contributed by atoms with Crippen molar-refractivity contribution in [1.82, 2.24) is 4.90 Å². The van der Waals surface area contributed by atoms with Crippen LogP contribution < -0.4 is 0 Å². The molecule has 0 aromatic carbocycles. The van der Waals surface area contributed by atoms with Gasteiger partial charge in [0.2, 0.25) is 0 Å². The van der Waals surface area contributed by atoms with E-state index in [1.54, 1.807) is 4.90 Å². The average Bonchev–Trinajstić information content (AvgIpc) is 2.75. The molecule has 0 spiro atoms. The monoisotopic (exact) mass is 383 g/mol. The largest absolute Gasteiger partial charge is 0.444 e. The minimum Gasteiger partial charge on any atom is -0.444 e. The van der Waals surface area contributed by atoms with Gasteiger partial charge >= 0.3 is 6.09 Å². The zero-order chi connectivity index (χ0) is 20.6. The Morgan fingerprint density at radius 3 is 2.19 bits per heavy atom. The highest BCUT2D eigenvalue weighted by Crippen LogP contribution is 2.42. The van der Waals surface area contributed by atoms with Crippen LogP contribution in [0.5, 0.6) is 0 Å². The molecular formula is C22H41NO4. The first kappa shape index (κ1) is 22.5. The van der Waals surface area contributed by atoms with E-state index in [1.165, 1.54) is 32.1 Å². The highest BCUT2D eigenvalue weighted by molar-refractivity contribution is 5.70. The first-order valence-electron chi connectivity index (χ1n) is 10.6. The van der Waals surface area contributed by atoms with E-state index in [2.05, 4.69) is 0 Å². The Labute approximate surface area is 165 Å². The van der Waals surface area contributed by atoms with Crippen molar-refractivity contribution in [1.29, 1.82) is 0 Å². The molecule has 1 saturated carbocycles. The predicted octanol–water partition coefficient (Wildman–Crippen LogP) is 5.10. The second kappa shape index (κ2) is 7.90. The van der Waals surface area contributed by atoms with Crippen LogP contribution >= 0.6 is 0 Å². The molecule has 1 amide bonds. The van der Waals surface area contributed by atoms with E-state index >= 15 is 0 Å². The number of aliphatic hydroxyl groups excluding tert-OH is 1. The van der Waals surface area contributed by atoms with Gasteiger partial charge in [0, 0.05) is 0 Å². The van der Waals surface area contributed by atoms with Crippen molar-refractivity contribution in [3.8, 4) is 0 Å². The fourth-order valence-electron chi connectivity index (χ4n) is 4.45. The fraction of sp³-hybridized carbons (Fsp3) is 0.955. The Hall–Kier alpha value is -0.810. The van der Waals surface area contributed by atoms with Crippen LogP contribution in [0.25, 0.3) is 0 Å². The molecule has 2 rings (SSSR count). The van der Waals surface area contributed by atoms with Crippen LogP contribution in [0.1, 0.15) is 93.9 Å². The number of carbonyl (C=O) groups is 1. The molecule has 2 aliphatic rings. The number of amides is 1. The van der Waals surface area contributed by atoms with Gasteiger partial charge in [-0.15, -0.1) is 0 Å². The van der Waals surface area contributed by atoms with Crippen molar-refractivity contribution in [3.05, 3.63) is 0 Å². The molecule has 1 saturated heterocycles. The normalized spacial score (nSPS) is 28.3. The quantitative estimate of drug-likeness (QED) is 0.736. The van der Waals surface area contributed by atoms with Gasteiger partial charge in [0.1, 0.15) is 17.4 Å². The maximum absolute atomic E-state index is 13.1. The van der Waals surface area contributed by atoms with E-state index in [0.717, 1.165) is 6.42 Å². The lowest BCUT2D eigenvalue weighted by molar-refractivity contribution is -0.122. The van der Waals surface area contributed by atoms with Crippen LogP contribution in [0.4, 0.5) is 4.79 Å². The number of hydrogen-bond acceptors (Lipinski definition) is 4. The molecule has 1 unspecified atom stereocenters. The van der Waals surface area contributed by atoms with Crippen LogP contribution in [-0.2, 0) is 9.47 Å². The third kappa shape index (κ3) is 5.60. The van der Waals surface area contributed by atoms with Gasteiger partial charge in [0.25, 0.3) is 0 Å². The molecule has 0 aromatic rings. The molecule has 27 heavy (non-hydrogen) atoms. The molecule has 1 aliphatic heterocycles. The summed E-state index contributed by atoms with van der Waals surface area (Å²) in [6.45, 7) is 15.5. The van der Waals surface area contributed by atoms with Crippen molar-refractivity contribution in [2.45, 2.75) is 123 Å². The molecule has 1 aliphatic carbocycles. The Kier molecular flexibility index (Phi) is 6.58. The Balaban J connectivity index is 2.32. The third-order valence-corrected chi connectivity index (χ3v) is 5.80. The molecule has 0 bridgehead atoms. The lowest BCUT2D eigenvalue weighted by Crippen LogP contribution is -2.52. The lowest BCUT2D eigenvalue weighted by Gasteiger charge is -2.38. The zero-order valence-electron chi connectivity index (χ0n) is 18.7. The first-order chi connectivity index (χ1) is 12.2. The van der Waals surface area contributed by atoms with Crippen LogP contribution in [0, 0.1) is 11.3 Å². The number of nitrogens with zero attached hydrogens (tertiary/aromatic N) is 1. The minimum absolute atomic E-state index is 0.174. The van der Waals surface area contributed by atoms with Crippen LogP contribution in [-0.4, -0.2) is 45.7 Å². The summed E-state index contributed by atoms with van der Waals surface area (Å²) in [5, 5.41) is 11.0. The molecular weight excluding hydrogens is 342 g/mol. The maximum Gasteiger partial charge on any atom is 0.412 e. The second-order valence-corrected chi connectivity index (χ2v) is 11.0. The van der Waals surface area contributed by atoms with Gasteiger partial charge < -0.3 is 14.6 Å². The molecule has 2 fully saturated rings. The minimum atomic E-state index is -0.807. The molecule has 1 N–H and O–H groups in total. The number of rotatable bonds is 3. The number of hydrogen-bond donors (Lipinski definition) is 1. The first-order valence-corrected chi connectivity index (χ1v) is 10.6. The van der Waals surface area contributed by atoms with Crippen molar-refractivity contribution in [2.75, 3.05) is 0 Å². The van der Waals surface area contributed by atoms with Crippen molar-refractivity contribution in [3.63, 3.8) is 0 Å². The van der Waals surface area contributed by atoms with Gasteiger partial charge in [-0.1, -0.05) is 52.9 Å². The summed E-state index contributed by atoms with van der Waals surface area (Å²) < 4.78 is 12.0. The molecule has 3 atom stereocenters. The van der Waals surface area contributed by atoms with E-state index in [1.807, 2.05) is 55.4 Å². The van der Waals surface area contributed by atoms with Gasteiger partial charge in [-0.3, -0.25) is 4.90 Å². The van der Waals surface area contributed by atoms with Crippen molar-refractivity contribution < 1.29 is 19.4 Å². The Morgan fingerprint density at radius 1 is 1.15 bits per heavy atom. The smallest absolute Gasteiger partial charge is 0.412 e. The van der Waals surface area contributed by atoms with Crippen LogP contribution in [0.2, 0.25) is 0 Å². The van der Waals surface area contributed by atoms with Crippen LogP contribution in [0.3, 0.4) is 0 Å². The summed E-state index contributed by atoms with van der Waals surface area (Å²) >= 11 is 0. The third-order valence-electron chi connectivity index (χ3n) is 5.80. The van der Waals surface area contributed by atoms with Gasteiger partial charge in [0.05, 0.1) is 12.1 Å². The molecule has 5 nitrogen and oxygen atoms in total. The zero-order valence-corrected chi connectivity index (χ0v) is 18.7. The summed E-state index contributed by atoms with van der Waals surface area (Å²) in [6.07, 6.45) is 5.63. The standard InChI is InChI=1S/C22H41NO4/c1-20(2,3)18(24)17-16(14-15-12-10-9-11-13-15)23(22(7,8)26-17)19(25)27-21(4,5)6/h15-18,24H,9-14H2,1-8H3/t16-,17+,18?/m0/s1. The molecule has 0 radical (unpaired) electrons. The number of aliphatic hydroxyl groups is 1. The summed E-state index contributed by atoms with van der Waals surface area (Å²) in [7, 11) is 0. The number of ether oxygens (including phenoxy) is 2. The number of carbonyl (C=O) groups excluding carboxylic acids is 1. The fourth-order valence-corrected chi connectivity index (χ4v) is 4.45. The van der Waals surface area contributed by atoms with E-state index in [4.69, 9.17) is 9.47 Å². The van der Waals surface area contributed by atoms with Crippen LogP contribution in [0.15, 0.2) is 0 Å². The second-order valence-electron chi connectivity index (χ2n) is 11.0. The summed E-state index contributed by atoms with van der Waals surface area (Å²) in [5.41, 5.74) is -1.70. The highest BCUT2D eigenvalue weighted by Gasteiger charge is 2.55.